The first-order valence-corrected chi connectivity index (χ1v) is 9.08. The zero-order valence-corrected chi connectivity index (χ0v) is 16.1. The summed E-state index contributed by atoms with van der Waals surface area (Å²) < 4.78 is 16.3. The van der Waals surface area contributed by atoms with Crippen LogP contribution in [0.15, 0.2) is 84.0 Å². The minimum Gasteiger partial charge on any atom is -0.497 e. The normalized spacial score (nSPS) is 10.5. The van der Waals surface area contributed by atoms with Crippen LogP contribution in [-0.2, 0) is 11.4 Å². The van der Waals surface area contributed by atoms with E-state index in [4.69, 9.17) is 14.2 Å². The molecule has 0 aromatic heterocycles. The summed E-state index contributed by atoms with van der Waals surface area (Å²) in [5.74, 6) is 1.72. The lowest BCUT2D eigenvalue weighted by Gasteiger charge is -2.08. The molecule has 3 rings (SSSR count). The van der Waals surface area contributed by atoms with Gasteiger partial charge in [0, 0.05) is 0 Å². The zero-order valence-electron chi connectivity index (χ0n) is 16.1. The van der Waals surface area contributed by atoms with Crippen LogP contribution in [0.3, 0.4) is 0 Å². The molecule has 3 aromatic carbocycles. The zero-order chi connectivity index (χ0) is 20.3. The highest BCUT2D eigenvalue weighted by molar-refractivity contribution is 5.83. The van der Waals surface area contributed by atoms with Crippen molar-refractivity contribution in [2.75, 3.05) is 13.7 Å². The monoisotopic (exact) mass is 390 g/mol. The van der Waals surface area contributed by atoms with Crippen LogP contribution in [0.25, 0.3) is 0 Å². The highest BCUT2D eigenvalue weighted by Crippen LogP contribution is 2.18. The standard InChI is InChI=1S/C23H22N2O4/c1-27-20-9-7-18(8-10-20)15-24-25-23(26)17-29-22-13-11-21(12-14-22)28-16-19-5-3-2-4-6-19/h2-15H,16-17H2,1H3,(H,25,26). The highest BCUT2D eigenvalue weighted by Gasteiger charge is 2.02. The second-order valence-corrected chi connectivity index (χ2v) is 6.10. The molecule has 0 spiro atoms. The molecule has 0 unspecified atom stereocenters. The van der Waals surface area contributed by atoms with Gasteiger partial charge in [-0.3, -0.25) is 4.79 Å². The van der Waals surface area contributed by atoms with Gasteiger partial charge in [0.15, 0.2) is 6.61 Å². The predicted octanol–water partition coefficient (Wildman–Crippen LogP) is 3.80. The van der Waals surface area contributed by atoms with E-state index in [0.717, 1.165) is 22.6 Å². The Hall–Kier alpha value is -3.80. The van der Waals surface area contributed by atoms with Gasteiger partial charge < -0.3 is 14.2 Å². The third kappa shape index (κ3) is 6.70. The number of rotatable bonds is 9. The van der Waals surface area contributed by atoms with E-state index in [1.807, 2.05) is 54.6 Å². The van der Waals surface area contributed by atoms with Crippen LogP contribution in [0.2, 0.25) is 0 Å². The van der Waals surface area contributed by atoms with Gasteiger partial charge in [0.05, 0.1) is 13.3 Å². The van der Waals surface area contributed by atoms with E-state index in [1.165, 1.54) is 0 Å². The van der Waals surface area contributed by atoms with Gasteiger partial charge in [-0.2, -0.15) is 5.10 Å². The summed E-state index contributed by atoms with van der Waals surface area (Å²) in [5, 5.41) is 3.91. The summed E-state index contributed by atoms with van der Waals surface area (Å²) in [6.45, 7) is 0.361. The van der Waals surface area contributed by atoms with Crippen molar-refractivity contribution >= 4 is 12.1 Å². The lowest BCUT2D eigenvalue weighted by molar-refractivity contribution is -0.123. The molecule has 0 bridgehead atoms. The smallest absolute Gasteiger partial charge is 0.277 e. The Labute approximate surface area is 169 Å². The van der Waals surface area contributed by atoms with Crippen LogP contribution >= 0.6 is 0 Å². The van der Waals surface area contributed by atoms with Crippen molar-refractivity contribution in [1.29, 1.82) is 0 Å². The van der Waals surface area contributed by atoms with Gasteiger partial charge in [-0.1, -0.05) is 30.3 Å². The van der Waals surface area contributed by atoms with Crippen molar-refractivity contribution in [3.8, 4) is 17.2 Å². The number of ether oxygens (including phenoxy) is 3. The first-order valence-electron chi connectivity index (χ1n) is 9.08. The maximum absolute atomic E-state index is 11.8. The van der Waals surface area contributed by atoms with Crippen molar-refractivity contribution in [3.05, 3.63) is 90.0 Å². The first kappa shape index (κ1) is 19.9. The van der Waals surface area contributed by atoms with Crippen LogP contribution in [0.4, 0.5) is 0 Å². The van der Waals surface area contributed by atoms with E-state index in [-0.39, 0.29) is 12.5 Å². The Balaban J connectivity index is 1.39. The van der Waals surface area contributed by atoms with Gasteiger partial charge in [0.25, 0.3) is 5.91 Å². The molecule has 0 fully saturated rings. The van der Waals surface area contributed by atoms with Gasteiger partial charge in [0.1, 0.15) is 23.9 Å². The minimum atomic E-state index is -0.348. The first-order chi connectivity index (χ1) is 14.2. The number of hydrogen-bond acceptors (Lipinski definition) is 5. The molecule has 0 aliphatic carbocycles. The van der Waals surface area contributed by atoms with Crippen molar-refractivity contribution in [2.24, 2.45) is 5.10 Å². The molecule has 3 aromatic rings. The predicted molar refractivity (Wildman–Crippen MR) is 111 cm³/mol. The topological polar surface area (TPSA) is 69.2 Å². The van der Waals surface area contributed by atoms with E-state index in [0.29, 0.717) is 12.4 Å². The molecular formula is C23H22N2O4. The molecule has 0 aliphatic heterocycles. The average molecular weight is 390 g/mol. The minimum absolute atomic E-state index is 0.135. The molecule has 1 amide bonds. The molecule has 6 heteroatoms. The second-order valence-electron chi connectivity index (χ2n) is 6.10. The van der Waals surface area contributed by atoms with Crippen molar-refractivity contribution < 1.29 is 19.0 Å². The molecular weight excluding hydrogens is 368 g/mol. The van der Waals surface area contributed by atoms with Gasteiger partial charge in [0.2, 0.25) is 0 Å². The molecule has 29 heavy (non-hydrogen) atoms. The Morgan fingerprint density at radius 2 is 1.48 bits per heavy atom. The van der Waals surface area contributed by atoms with Crippen LogP contribution in [0.1, 0.15) is 11.1 Å². The lowest BCUT2D eigenvalue weighted by atomic mass is 10.2. The summed E-state index contributed by atoms with van der Waals surface area (Å²) >= 11 is 0. The summed E-state index contributed by atoms with van der Waals surface area (Å²) in [6.07, 6.45) is 1.55. The Morgan fingerprint density at radius 3 is 2.14 bits per heavy atom. The summed E-state index contributed by atoms with van der Waals surface area (Å²) in [5.41, 5.74) is 4.37. The Bertz CT molecular complexity index is 923. The van der Waals surface area contributed by atoms with E-state index < -0.39 is 0 Å². The number of hydrogen-bond donors (Lipinski definition) is 1. The maximum Gasteiger partial charge on any atom is 0.277 e. The van der Waals surface area contributed by atoms with E-state index in [1.54, 1.807) is 37.6 Å². The lowest BCUT2D eigenvalue weighted by Crippen LogP contribution is -2.24. The van der Waals surface area contributed by atoms with Crippen LogP contribution in [0, 0.1) is 0 Å². The largest absolute Gasteiger partial charge is 0.497 e. The number of carbonyl (C=O) groups is 1. The molecule has 148 valence electrons. The number of carbonyl (C=O) groups excluding carboxylic acids is 1. The number of nitrogens with one attached hydrogen (secondary N) is 1. The molecule has 0 saturated carbocycles. The number of benzene rings is 3. The molecule has 1 N–H and O–H groups in total. The molecule has 0 atom stereocenters. The third-order valence-corrected chi connectivity index (χ3v) is 3.96. The highest BCUT2D eigenvalue weighted by atomic mass is 16.5. The number of nitrogens with zero attached hydrogens (tertiary/aromatic N) is 1. The molecule has 0 heterocycles. The average Bonchev–Trinajstić information content (AvgIpc) is 2.78. The van der Waals surface area contributed by atoms with Gasteiger partial charge in [-0.15, -0.1) is 0 Å². The fourth-order valence-electron chi connectivity index (χ4n) is 2.42. The Morgan fingerprint density at radius 1 is 0.862 bits per heavy atom. The molecule has 0 saturated heterocycles. The number of methoxy groups -OCH3 is 1. The van der Waals surface area contributed by atoms with Crippen molar-refractivity contribution in [2.45, 2.75) is 6.61 Å². The second kappa shape index (κ2) is 10.5. The summed E-state index contributed by atoms with van der Waals surface area (Å²) in [4.78, 5) is 11.8. The quantitative estimate of drug-likeness (QED) is 0.446. The molecule has 6 nitrogen and oxygen atoms in total. The third-order valence-electron chi connectivity index (χ3n) is 3.96. The van der Waals surface area contributed by atoms with Crippen molar-refractivity contribution in [3.63, 3.8) is 0 Å². The summed E-state index contributed by atoms with van der Waals surface area (Å²) in [7, 11) is 1.61. The molecule has 0 aliphatic rings. The van der Waals surface area contributed by atoms with E-state index >= 15 is 0 Å². The van der Waals surface area contributed by atoms with Gasteiger partial charge >= 0.3 is 0 Å². The number of hydrazone groups is 1. The van der Waals surface area contributed by atoms with E-state index in [2.05, 4.69) is 10.5 Å². The SMILES string of the molecule is COc1ccc(C=NNC(=O)COc2ccc(OCc3ccccc3)cc2)cc1. The molecule has 0 radical (unpaired) electrons. The number of amides is 1. The van der Waals surface area contributed by atoms with Crippen LogP contribution in [0.5, 0.6) is 17.2 Å². The van der Waals surface area contributed by atoms with E-state index in [9.17, 15) is 4.79 Å². The fraction of sp³-hybridized carbons (Fsp3) is 0.130. The Kier molecular flexibility index (Phi) is 7.23. The van der Waals surface area contributed by atoms with Gasteiger partial charge in [-0.25, -0.2) is 5.43 Å². The van der Waals surface area contributed by atoms with Crippen molar-refractivity contribution in [1.82, 2.24) is 5.43 Å². The fourth-order valence-corrected chi connectivity index (χ4v) is 2.42. The van der Waals surface area contributed by atoms with Crippen LogP contribution < -0.4 is 19.6 Å². The maximum atomic E-state index is 11.8. The summed E-state index contributed by atoms with van der Waals surface area (Å²) in [6, 6.07) is 24.4. The van der Waals surface area contributed by atoms with Crippen LogP contribution in [-0.4, -0.2) is 25.8 Å². The van der Waals surface area contributed by atoms with Gasteiger partial charge in [-0.05, 0) is 59.7 Å².